The van der Waals surface area contributed by atoms with Crippen LogP contribution in [0.2, 0.25) is 0 Å². The number of hydrogen-bond donors (Lipinski definition) is 0. The molecule has 1 aromatic carbocycles. The average Bonchev–Trinajstić information content (AvgIpc) is 2.38. The molecule has 4 nitrogen and oxygen atoms in total. The van der Waals surface area contributed by atoms with Gasteiger partial charge < -0.3 is 0 Å². The van der Waals surface area contributed by atoms with Crippen molar-refractivity contribution in [3.8, 4) is 12.1 Å². The maximum Gasteiger partial charge on any atom is 0.205 e. The molecule has 0 saturated carbocycles. The van der Waals surface area contributed by atoms with Crippen molar-refractivity contribution in [2.75, 3.05) is 0 Å². The van der Waals surface area contributed by atoms with Crippen molar-refractivity contribution in [3.05, 3.63) is 46.4 Å². The van der Waals surface area contributed by atoms with Gasteiger partial charge in [-0.05, 0) is 24.5 Å². The van der Waals surface area contributed by atoms with Gasteiger partial charge in [-0.15, -0.1) is 0 Å². The van der Waals surface area contributed by atoms with Crippen LogP contribution in [0.15, 0.2) is 40.8 Å². The quantitative estimate of drug-likeness (QED) is 0.785. The second kappa shape index (κ2) is 4.87. The minimum Gasteiger partial charge on any atom is -0.222 e. The van der Waals surface area contributed by atoms with Gasteiger partial charge in [-0.2, -0.15) is 10.5 Å². The molecular formula is C14H12N2O2S. The fourth-order valence-electron chi connectivity index (χ4n) is 2.43. The predicted molar refractivity (Wildman–Crippen MR) is 70.4 cm³/mol. The van der Waals surface area contributed by atoms with E-state index in [0.29, 0.717) is 12.0 Å². The van der Waals surface area contributed by atoms with Gasteiger partial charge in [0.1, 0.15) is 11.0 Å². The zero-order valence-electron chi connectivity index (χ0n) is 10.4. The van der Waals surface area contributed by atoms with Gasteiger partial charge in [-0.3, -0.25) is 0 Å². The molecule has 0 unspecified atom stereocenters. The van der Waals surface area contributed by atoms with Crippen LogP contribution in [-0.4, -0.2) is 13.7 Å². The predicted octanol–water partition coefficient (Wildman–Crippen LogP) is 2.28. The molecule has 0 aromatic heterocycles. The second-order valence-corrected chi connectivity index (χ2v) is 6.54. The third-order valence-electron chi connectivity index (χ3n) is 3.35. The summed E-state index contributed by atoms with van der Waals surface area (Å²) in [5, 5.41) is 17.0. The maximum absolute atomic E-state index is 12.3. The van der Waals surface area contributed by atoms with E-state index >= 15 is 0 Å². The Morgan fingerprint density at radius 2 is 1.84 bits per heavy atom. The molecule has 1 aromatic rings. The zero-order chi connectivity index (χ0) is 14.0. The van der Waals surface area contributed by atoms with Crippen molar-refractivity contribution in [2.24, 2.45) is 0 Å². The molecule has 1 aliphatic heterocycles. The number of hydrogen-bond acceptors (Lipinski definition) is 4. The summed E-state index contributed by atoms with van der Waals surface area (Å²) in [6.45, 7) is 1.64. The normalized spacial score (nSPS) is 25.4. The van der Waals surface area contributed by atoms with Crippen molar-refractivity contribution >= 4 is 9.84 Å². The van der Waals surface area contributed by atoms with Crippen LogP contribution < -0.4 is 0 Å². The molecule has 5 heteroatoms. The number of nitriles is 2. The Kier molecular flexibility index (Phi) is 3.42. The van der Waals surface area contributed by atoms with E-state index < -0.39 is 21.0 Å². The van der Waals surface area contributed by atoms with Gasteiger partial charge in [0.25, 0.3) is 0 Å². The molecule has 0 radical (unpaired) electrons. The number of rotatable bonds is 1. The van der Waals surface area contributed by atoms with Crippen molar-refractivity contribution < 1.29 is 8.42 Å². The molecule has 2 rings (SSSR count). The van der Waals surface area contributed by atoms with Gasteiger partial charge >= 0.3 is 0 Å². The van der Waals surface area contributed by atoms with E-state index in [4.69, 9.17) is 5.26 Å². The lowest BCUT2D eigenvalue weighted by Gasteiger charge is -2.27. The highest BCUT2D eigenvalue weighted by molar-refractivity contribution is 7.96. The molecule has 0 amide bonds. The third kappa shape index (κ3) is 2.14. The number of nitrogens with zero attached hydrogens (tertiary/aromatic N) is 2. The van der Waals surface area contributed by atoms with Gasteiger partial charge in [0, 0.05) is 5.92 Å². The molecule has 0 fully saturated rings. The van der Waals surface area contributed by atoms with E-state index in [1.165, 1.54) is 0 Å². The first-order valence-electron chi connectivity index (χ1n) is 5.80. The van der Waals surface area contributed by atoms with Crippen LogP contribution in [0.4, 0.5) is 0 Å². The fraction of sp³-hybridized carbons (Fsp3) is 0.286. The lowest BCUT2D eigenvalue weighted by molar-refractivity contribution is 0.570. The Morgan fingerprint density at radius 3 is 2.37 bits per heavy atom. The lowest BCUT2D eigenvalue weighted by Crippen LogP contribution is -2.32. The summed E-state index contributed by atoms with van der Waals surface area (Å²) in [7, 11) is -3.85. The summed E-state index contributed by atoms with van der Waals surface area (Å²) < 4.78 is 24.5. The van der Waals surface area contributed by atoms with E-state index in [1.54, 1.807) is 13.0 Å². The van der Waals surface area contributed by atoms with E-state index in [1.807, 2.05) is 36.4 Å². The first kappa shape index (κ1) is 13.3. The molecule has 0 saturated heterocycles. The maximum atomic E-state index is 12.3. The smallest absolute Gasteiger partial charge is 0.205 e. The topological polar surface area (TPSA) is 81.7 Å². The minimum atomic E-state index is -3.85. The molecule has 1 heterocycles. The van der Waals surface area contributed by atoms with Crippen molar-refractivity contribution in [3.63, 3.8) is 0 Å². The summed E-state index contributed by atoms with van der Waals surface area (Å²) in [4.78, 5) is -0.244. The SMILES string of the molecule is CC1=C(C#N)S(=O)(=O)[C@H](C#N)[C@@H](c2ccccc2)C1. The largest absolute Gasteiger partial charge is 0.222 e. The second-order valence-electron chi connectivity index (χ2n) is 4.54. The van der Waals surface area contributed by atoms with Crippen LogP contribution in [0, 0.1) is 22.7 Å². The molecule has 2 atom stereocenters. The van der Waals surface area contributed by atoms with Crippen LogP contribution >= 0.6 is 0 Å². The molecule has 0 N–H and O–H groups in total. The highest BCUT2D eigenvalue weighted by Crippen LogP contribution is 2.39. The van der Waals surface area contributed by atoms with Crippen molar-refractivity contribution in [1.82, 2.24) is 0 Å². The summed E-state index contributed by atoms with van der Waals surface area (Å²) >= 11 is 0. The van der Waals surface area contributed by atoms with E-state index in [9.17, 15) is 13.7 Å². The highest BCUT2D eigenvalue weighted by atomic mass is 32.2. The minimum absolute atomic E-state index is 0.244. The standard InChI is InChI=1S/C14H12N2O2S/c1-10-7-12(11-5-3-2-4-6-11)14(9-16)19(17,18)13(10)8-15/h2-6,12,14H,7H2,1H3/t12-,14-/m1/s1. The Hall–Kier alpha value is -2.11. The molecule has 0 bridgehead atoms. The molecule has 1 aliphatic rings. The average molecular weight is 272 g/mol. The number of sulfone groups is 1. The summed E-state index contributed by atoms with van der Waals surface area (Å²) in [6.07, 6.45) is 0.421. The van der Waals surface area contributed by atoms with Crippen LogP contribution in [-0.2, 0) is 9.84 Å². The van der Waals surface area contributed by atoms with E-state index in [2.05, 4.69) is 0 Å². The van der Waals surface area contributed by atoms with Gasteiger partial charge in [-0.25, -0.2) is 8.42 Å². The van der Waals surface area contributed by atoms with Crippen LogP contribution in [0.3, 0.4) is 0 Å². The number of allylic oxidation sites excluding steroid dienone is 2. The lowest BCUT2D eigenvalue weighted by atomic mass is 9.89. The van der Waals surface area contributed by atoms with Crippen molar-refractivity contribution in [2.45, 2.75) is 24.5 Å². The van der Waals surface area contributed by atoms with Gasteiger partial charge in [0.15, 0.2) is 5.25 Å². The van der Waals surface area contributed by atoms with Crippen LogP contribution in [0.1, 0.15) is 24.8 Å². The molecule has 0 aliphatic carbocycles. The van der Waals surface area contributed by atoms with E-state index in [-0.39, 0.29) is 4.91 Å². The first-order chi connectivity index (χ1) is 9.02. The number of benzene rings is 1. The van der Waals surface area contributed by atoms with Gasteiger partial charge in [0.05, 0.1) is 6.07 Å². The molecule has 19 heavy (non-hydrogen) atoms. The first-order valence-corrected chi connectivity index (χ1v) is 7.35. The Bertz CT molecular complexity index is 706. The van der Waals surface area contributed by atoms with E-state index in [0.717, 1.165) is 5.56 Å². The monoisotopic (exact) mass is 272 g/mol. The Morgan fingerprint density at radius 1 is 1.21 bits per heavy atom. The fourth-order valence-corrected chi connectivity index (χ4v) is 4.20. The van der Waals surface area contributed by atoms with Gasteiger partial charge in [0.2, 0.25) is 9.84 Å². The van der Waals surface area contributed by atoms with Crippen LogP contribution in [0.5, 0.6) is 0 Å². The van der Waals surface area contributed by atoms with Crippen molar-refractivity contribution in [1.29, 1.82) is 10.5 Å². The molecular weight excluding hydrogens is 260 g/mol. The third-order valence-corrected chi connectivity index (χ3v) is 5.47. The molecule has 0 spiro atoms. The Balaban J connectivity index is 2.60. The van der Waals surface area contributed by atoms with Gasteiger partial charge in [-0.1, -0.05) is 30.3 Å². The summed E-state index contributed by atoms with van der Waals surface area (Å²) in [5.74, 6) is -0.409. The van der Waals surface area contributed by atoms with Crippen LogP contribution in [0.25, 0.3) is 0 Å². The summed E-state index contributed by atoms with van der Waals surface area (Å²) in [6, 6.07) is 12.7. The zero-order valence-corrected chi connectivity index (χ0v) is 11.2. The highest BCUT2D eigenvalue weighted by Gasteiger charge is 2.42. The Labute approximate surface area is 112 Å². The molecule has 96 valence electrons. The summed E-state index contributed by atoms with van der Waals surface area (Å²) in [5.41, 5.74) is 1.34.